The van der Waals surface area contributed by atoms with Gasteiger partial charge in [0.15, 0.2) is 0 Å². The monoisotopic (exact) mass is 375 g/mol. The Labute approximate surface area is 164 Å². The van der Waals surface area contributed by atoms with E-state index >= 15 is 0 Å². The van der Waals surface area contributed by atoms with Crippen molar-refractivity contribution >= 4 is 38.8 Å². The number of carbonyl (C=O) groups excluding carboxylic acids is 1. The summed E-state index contributed by atoms with van der Waals surface area (Å²) in [6, 6.07) is 1.77. The van der Waals surface area contributed by atoms with Crippen LogP contribution < -0.4 is 21.9 Å². The van der Waals surface area contributed by atoms with E-state index < -0.39 is 10.9 Å². The number of nitrogen functional groups attached to an aromatic ring is 1. The Hall–Kier alpha value is -2.70. The van der Waals surface area contributed by atoms with Crippen molar-refractivity contribution in [3.05, 3.63) is 45.0 Å². The van der Waals surface area contributed by atoms with E-state index in [1.54, 1.807) is 16.8 Å². The summed E-state index contributed by atoms with van der Waals surface area (Å²) in [5, 5.41) is 6.01. The third-order valence-electron chi connectivity index (χ3n) is 6.77. The Balaban J connectivity index is 1.83. The van der Waals surface area contributed by atoms with Crippen LogP contribution in [0.4, 0.5) is 17.2 Å². The maximum Gasteiger partial charge on any atom is 0.277 e. The minimum absolute atomic E-state index is 0.134. The molecule has 28 heavy (non-hydrogen) atoms. The molecule has 0 aromatic carbocycles. The molecule has 0 unspecified atom stereocenters. The first-order valence-electron chi connectivity index (χ1n) is 9.92. The molecule has 0 saturated heterocycles. The highest BCUT2D eigenvalue weighted by molar-refractivity contribution is 6.44. The maximum atomic E-state index is 13.7. The number of fused-ring (bicyclic) bond motifs is 4. The Morgan fingerprint density at radius 1 is 1.21 bits per heavy atom. The topological polar surface area (TPSA) is 102 Å². The van der Waals surface area contributed by atoms with Crippen LogP contribution in [0.25, 0.3) is 0 Å². The number of nitrogens with zero attached hydrogens (tertiary/aromatic N) is 2. The van der Waals surface area contributed by atoms with Crippen molar-refractivity contribution in [1.82, 2.24) is 14.9 Å². The van der Waals surface area contributed by atoms with E-state index in [4.69, 9.17) is 5.73 Å². The van der Waals surface area contributed by atoms with Crippen molar-refractivity contribution in [2.75, 3.05) is 11.1 Å². The molecule has 0 radical (unpaired) electrons. The summed E-state index contributed by atoms with van der Waals surface area (Å²) in [5.74, 6) is 0.264. The molecule has 1 aliphatic carbocycles. The number of pyridine rings is 2. The lowest BCUT2D eigenvalue weighted by Gasteiger charge is -2.39. The average Bonchev–Trinajstić information content (AvgIpc) is 2.91. The highest BCUT2D eigenvalue weighted by atomic mass is 16.2. The predicted molar refractivity (Wildman–Crippen MR) is 114 cm³/mol. The number of anilines is 3. The Bertz CT molecular complexity index is 1100. The molecule has 9 heteroatoms. The quantitative estimate of drug-likeness (QED) is 0.564. The molecule has 1 amide bonds. The fourth-order valence-corrected chi connectivity index (χ4v) is 5.53. The molecule has 7 nitrogen and oxygen atoms in total. The Kier molecular flexibility index (Phi) is 3.37. The number of nitrogens with two attached hydrogens (primary N) is 1. The van der Waals surface area contributed by atoms with Gasteiger partial charge >= 0.3 is 0 Å². The molecular formula is C19H23B2N5O2. The molecule has 0 atom stereocenters. The van der Waals surface area contributed by atoms with Crippen LogP contribution in [0.1, 0.15) is 59.3 Å². The van der Waals surface area contributed by atoms with Crippen LogP contribution in [0.15, 0.2) is 17.1 Å². The van der Waals surface area contributed by atoms with Gasteiger partial charge in [-0.2, -0.15) is 0 Å². The zero-order valence-electron chi connectivity index (χ0n) is 16.5. The summed E-state index contributed by atoms with van der Waals surface area (Å²) in [4.78, 5) is 30.9. The molecule has 4 N–H and O–H groups in total. The summed E-state index contributed by atoms with van der Waals surface area (Å²) < 4.78 is 1.74. The number of hydrogen-bond acceptors (Lipinski definition) is 5. The zero-order valence-corrected chi connectivity index (χ0v) is 16.5. The van der Waals surface area contributed by atoms with Gasteiger partial charge in [-0.05, 0) is 54.5 Å². The van der Waals surface area contributed by atoms with Crippen LogP contribution in [-0.2, 0) is 10.9 Å². The molecule has 142 valence electrons. The number of carbonyl (C=O) groups is 1. The molecule has 2 aromatic heterocycles. The number of hydrogen-bond donors (Lipinski definition) is 3. The largest absolute Gasteiger partial charge is 0.384 e. The lowest BCUT2D eigenvalue weighted by molar-refractivity contribution is 0.0876. The summed E-state index contributed by atoms with van der Waals surface area (Å²) in [5.41, 5.74) is 9.71. The molecule has 5 rings (SSSR count). The van der Waals surface area contributed by atoms with Gasteiger partial charge < -0.3 is 16.4 Å². The molecular weight excluding hydrogens is 352 g/mol. The van der Waals surface area contributed by atoms with Gasteiger partial charge in [-0.25, -0.2) is 4.98 Å². The molecule has 0 bridgehead atoms. The first-order valence-corrected chi connectivity index (χ1v) is 9.92. The van der Waals surface area contributed by atoms with E-state index in [2.05, 4.69) is 31.3 Å². The standard InChI is InChI=1S/C19H23B2N5O2/c1-9-13-14(24-11-7-12(22)23-8-10(11)19(13,20)21)17(28)26-15(9)16(27)25-18(26)5-3-2-4-6-18/h7-8,24H,2-6,20-21H2,1H3,(H2,22,23)(H,25,27). The smallest absolute Gasteiger partial charge is 0.277 e. The van der Waals surface area contributed by atoms with Gasteiger partial charge in [-0.3, -0.25) is 14.2 Å². The number of aromatic nitrogens is 2. The fourth-order valence-electron chi connectivity index (χ4n) is 5.53. The molecule has 1 saturated carbocycles. The third-order valence-corrected chi connectivity index (χ3v) is 6.77. The highest BCUT2D eigenvalue weighted by Gasteiger charge is 2.48. The van der Waals surface area contributed by atoms with Crippen molar-refractivity contribution < 1.29 is 4.79 Å². The summed E-state index contributed by atoms with van der Waals surface area (Å²) in [6.45, 7) is 1.95. The van der Waals surface area contributed by atoms with Gasteiger partial charge in [0.05, 0.1) is 0 Å². The molecule has 2 aromatic rings. The molecule has 1 spiro atoms. The highest BCUT2D eigenvalue weighted by Crippen LogP contribution is 2.45. The van der Waals surface area contributed by atoms with Crippen molar-refractivity contribution in [1.29, 1.82) is 0 Å². The van der Waals surface area contributed by atoms with E-state index in [1.165, 1.54) is 0 Å². The third kappa shape index (κ3) is 2.04. The van der Waals surface area contributed by atoms with Crippen LogP contribution in [0, 0.1) is 6.92 Å². The van der Waals surface area contributed by atoms with Gasteiger partial charge in [-0.1, -0.05) is 6.42 Å². The lowest BCUT2D eigenvalue weighted by atomic mass is 9.46. The summed E-state index contributed by atoms with van der Waals surface area (Å²) in [7, 11) is 4.13. The van der Waals surface area contributed by atoms with E-state index in [9.17, 15) is 9.59 Å². The summed E-state index contributed by atoms with van der Waals surface area (Å²) in [6.07, 6.45) is 6.49. The average molecular weight is 375 g/mol. The Morgan fingerprint density at radius 2 is 1.93 bits per heavy atom. The van der Waals surface area contributed by atoms with E-state index in [0.29, 0.717) is 17.2 Å². The van der Waals surface area contributed by atoms with E-state index in [0.717, 1.165) is 54.5 Å². The molecule has 4 heterocycles. The minimum atomic E-state index is -0.592. The van der Waals surface area contributed by atoms with Gasteiger partial charge in [0.1, 0.15) is 38.6 Å². The van der Waals surface area contributed by atoms with Crippen molar-refractivity contribution in [2.45, 2.75) is 49.9 Å². The number of amides is 1. The second-order valence-electron chi connectivity index (χ2n) is 8.82. The SMILES string of the molecule is BC1(B)c2cnc(N)cc2Nc2c1c(C)c1n(c2=O)C2(CCCCC2)NC1=O. The second-order valence-corrected chi connectivity index (χ2v) is 8.82. The van der Waals surface area contributed by atoms with Crippen molar-refractivity contribution in [2.24, 2.45) is 0 Å². The van der Waals surface area contributed by atoms with Gasteiger partial charge in [0.25, 0.3) is 11.5 Å². The van der Waals surface area contributed by atoms with Crippen LogP contribution in [0.2, 0.25) is 0 Å². The maximum absolute atomic E-state index is 13.7. The molecule has 2 aliphatic heterocycles. The van der Waals surface area contributed by atoms with Crippen LogP contribution >= 0.6 is 0 Å². The normalized spacial score (nSPS) is 20.7. The first-order chi connectivity index (χ1) is 13.3. The first kappa shape index (κ1) is 17.4. The van der Waals surface area contributed by atoms with Crippen LogP contribution in [0.5, 0.6) is 0 Å². The minimum Gasteiger partial charge on any atom is -0.384 e. The van der Waals surface area contributed by atoms with E-state index in [-0.39, 0.29) is 11.5 Å². The summed E-state index contributed by atoms with van der Waals surface area (Å²) >= 11 is 0. The van der Waals surface area contributed by atoms with E-state index in [1.807, 2.05) is 6.92 Å². The fraction of sp³-hybridized carbons (Fsp3) is 0.421. The molecule has 3 aliphatic rings. The zero-order chi connectivity index (χ0) is 19.8. The van der Waals surface area contributed by atoms with Crippen molar-refractivity contribution in [3.63, 3.8) is 0 Å². The van der Waals surface area contributed by atoms with Gasteiger partial charge in [0.2, 0.25) is 0 Å². The van der Waals surface area contributed by atoms with Gasteiger partial charge in [0, 0.05) is 18.0 Å². The van der Waals surface area contributed by atoms with Crippen LogP contribution in [0.3, 0.4) is 0 Å². The van der Waals surface area contributed by atoms with Crippen LogP contribution in [-0.4, -0.2) is 31.2 Å². The van der Waals surface area contributed by atoms with Crippen molar-refractivity contribution in [3.8, 4) is 0 Å². The lowest BCUT2D eigenvalue weighted by Crippen LogP contribution is -2.49. The Morgan fingerprint density at radius 3 is 2.64 bits per heavy atom. The predicted octanol–water partition coefficient (Wildman–Crippen LogP) is 0.0185. The number of nitrogens with one attached hydrogen (secondary N) is 2. The molecule has 1 fully saturated rings. The number of rotatable bonds is 0. The second kappa shape index (κ2) is 5.43. The van der Waals surface area contributed by atoms with Gasteiger partial charge in [-0.15, -0.1) is 0 Å².